The van der Waals surface area contributed by atoms with Gasteiger partial charge in [0.2, 0.25) is 0 Å². The third-order valence-corrected chi connectivity index (χ3v) is 3.63. The van der Waals surface area contributed by atoms with E-state index in [0.717, 1.165) is 31.6 Å². The molecular weight excluding hydrogens is 266 g/mol. The van der Waals surface area contributed by atoms with Gasteiger partial charge in [0.25, 0.3) is 0 Å². The van der Waals surface area contributed by atoms with Gasteiger partial charge in [-0.2, -0.15) is 0 Å². The molecule has 0 amide bonds. The molecule has 0 spiro atoms. The minimum atomic E-state index is -0.957. The average Bonchev–Trinajstić information content (AvgIpc) is 2.84. The fraction of sp³-hybridized carbons (Fsp3) is 0.500. The summed E-state index contributed by atoms with van der Waals surface area (Å²) in [6.07, 6.45) is 2.55. The monoisotopic (exact) mass is 283 g/mol. The number of carboxylic acids is 1. The lowest BCUT2D eigenvalue weighted by Crippen LogP contribution is -2.28. The van der Waals surface area contributed by atoms with Crippen molar-refractivity contribution in [2.75, 3.05) is 20.2 Å². The zero-order valence-electron chi connectivity index (χ0n) is 10.9. The SMILES string of the molecule is CN(Cc1ccc(C(=O)O)cc1Cl)CC1CCCO1. The summed E-state index contributed by atoms with van der Waals surface area (Å²) in [6, 6.07) is 4.86. The first-order valence-corrected chi connectivity index (χ1v) is 6.76. The molecule has 2 rings (SSSR count). The van der Waals surface area contributed by atoms with Gasteiger partial charge < -0.3 is 9.84 Å². The third-order valence-electron chi connectivity index (χ3n) is 3.28. The molecule has 19 heavy (non-hydrogen) atoms. The van der Waals surface area contributed by atoms with Crippen LogP contribution in [0.15, 0.2) is 18.2 Å². The summed E-state index contributed by atoms with van der Waals surface area (Å²) in [5.41, 5.74) is 1.16. The summed E-state index contributed by atoms with van der Waals surface area (Å²) in [5.74, 6) is -0.957. The largest absolute Gasteiger partial charge is 0.478 e. The van der Waals surface area contributed by atoms with Crippen LogP contribution >= 0.6 is 11.6 Å². The fourth-order valence-corrected chi connectivity index (χ4v) is 2.54. The van der Waals surface area contributed by atoms with Crippen molar-refractivity contribution in [3.8, 4) is 0 Å². The van der Waals surface area contributed by atoms with E-state index in [1.165, 1.54) is 6.07 Å². The van der Waals surface area contributed by atoms with Crippen molar-refractivity contribution in [3.05, 3.63) is 34.3 Å². The van der Waals surface area contributed by atoms with E-state index in [1.54, 1.807) is 12.1 Å². The highest BCUT2D eigenvalue weighted by molar-refractivity contribution is 6.31. The predicted octanol–water partition coefficient (Wildman–Crippen LogP) is 2.65. The van der Waals surface area contributed by atoms with E-state index >= 15 is 0 Å². The maximum absolute atomic E-state index is 10.8. The Labute approximate surface area is 117 Å². The maximum Gasteiger partial charge on any atom is 0.335 e. The van der Waals surface area contributed by atoms with Gasteiger partial charge >= 0.3 is 5.97 Å². The lowest BCUT2D eigenvalue weighted by Gasteiger charge is -2.21. The second-order valence-electron chi connectivity index (χ2n) is 4.94. The molecule has 5 heteroatoms. The Balaban J connectivity index is 1.96. The molecule has 1 aromatic carbocycles. The molecule has 1 unspecified atom stereocenters. The van der Waals surface area contributed by atoms with E-state index in [0.29, 0.717) is 17.7 Å². The van der Waals surface area contributed by atoms with Gasteiger partial charge in [-0.1, -0.05) is 17.7 Å². The minimum absolute atomic E-state index is 0.218. The van der Waals surface area contributed by atoms with Gasteiger partial charge in [0.15, 0.2) is 0 Å². The number of hydrogen-bond donors (Lipinski definition) is 1. The van der Waals surface area contributed by atoms with Crippen LogP contribution in [0.4, 0.5) is 0 Å². The second kappa shape index (κ2) is 6.37. The van der Waals surface area contributed by atoms with Crippen LogP contribution in [0.2, 0.25) is 5.02 Å². The molecule has 0 bridgehead atoms. The summed E-state index contributed by atoms with van der Waals surface area (Å²) in [5, 5.41) is 9.39. The molecular formula is C14H18ClNO3. The lowest BCUT2D eigenvalue weighted by molar-refractivity contribution is 0.0697. The summed E-state index contributed by atoms with van der Waals surface area (Å²) in [4.78, 5) is 13.0. The molecule has 4 nitrogen and oxygen atoms in total. The molecule has 1 aliphatic heterocycles. The van der Waals surface area contributed by atoms with Gasteiger partial charge in [0, 0.05) is 24.7 Å². The molecule has 1 saturated heterocycles. The number of aromatic carboxylic acids is 1. The summed E-state index contributed by atoms with van der Waals surface area (Å²) < 4.78 is 5.59. The van der Waals surface area contributed by atoms with Crippen LogP contribution in [0.5, 0.6) is 0 Å². The van der Waals surface area contributed by atoms with Crippen molar-refractivity contribution in [2.24, 2.45) is 0 Å². The molecule has 0 aromatic heterocycles. The van der Waals surface area contributed by atoms with Crippen molar-refractivity contribution < 1.29 is 14.6 Å². The van der Waals surface area contributed by atoms with Crippen molar-refractivity contribution in [3.63, 3.8) is 0 Å². The van der Waals surface area contributed by atoms with Crippen molar-refractivity contribution in [1.82, 2.24) is 4.90 Å². The number of likely N-dealkylation sites (N-methyl/N-ethyl adjacent to an activating group) is 1. The highest BCUT2D eigenvalue weighted by Gasteiger charge is 2.18. The summed E-state index contributed by atoms with van der Waals surface area (Å²) >= 11 is 6.11. The summed E-state index contributed by atoms with van der Waals surface area (Å²) in [7, 11) is 2.02. The van der Waals surface area contributed by atoms with Gasteiger partial charge in [-0.15, -0.1) is 0 Å². The van der Waals surface area contributed by atoms with Crippen LogP contribution < -0.4 is 0 Å². The van der Waals surface area contributed by atoms with Gasteiger partial charge in [0.1, 0.15) is 0 Å². The third kappa shape index (κ3) is 3.93. The predicted molar refractivity (Wildman–Crippen MR) is 73.7 cm³/mol. The Morgan fingerprint density at radius 3 is 2.95 bits per heavy atom. The standard InChI is InChI=1S/C14H18ClNO3/c1-16(9-12-3-2-6-19-12)8-11-5-4-10(14(17)18)7-13(11)15/h4-5,7,12H,2-3,6,8-9H2,1H3,(H,17,18). The van der Waals surface area contributed by atoms with E-state index in [9.17, 15) is 4.79 Å². The Morgan fingerprint density at radius 1 is 1.58 bits per heavy atom. The normalized spacial score (nSPS) is 19.0. The van der Waals surface area contributed by atoms with Gasteiger partial charge in [-0.05, 0) is 37.6 Å². The van der Waals surface area contributed by atoms with Crippen molar-refractivity contribution in [1.29, 1.82) is 0 Å². The molecule has 0 aliphatic carbocycles. The van der Waals surface area contributed by atoms with Crippen LogP contribution in [0.25, 0.3) is 0 Å². The van der Waals surface area contributed by atoms with Crippen LogP contribution in [0.3, 0.4) is 0 Å². The van der Waals surface area contributed by atoms with Crippen molar-refractivity contribution in [2.45, 2.75) is 25.5 Å². The topological polar surface area (TPSA) is 49.8 Å². The van der Waals surface area contributed by atoms with Crippen molar-refractivity contribution >= 4 is 17.6 Å². The first-order chi connectivity index (χ1) is 9.06. The Bertz CT molecular complexity index is 458. The Morgan fingerprint density at radius 2 is 2.37 bits per heavy atom. The average molecular weight is 284 g/mol. The lowest BCUT2D eigenvalue weighted by atomic mass is 10.1. The van der Waals surface area contributed by atoms with Gasteiger partial charge in [0.05, 0.1) is 11.7 Å². The van der Waals surface area contributed by atoms with E-state index in [4.69, 9.17) is 21.4 Å². The molecule has 1 heterocycles. The van der Waals surface area contributed by atoms with Crippen LogP contribution in [-0.2, 0) is 11.3 Å². The molecule has 1 atom stereocenters. The number of carboxylic acid groups (broad SMARTS) is 1. The number of benzene rings is 1. The number of nitrogens with zero attached hydrogens (tertiary/aromatic N) is 1. The van der Waals surface area contributed by atoms with E-state index in [-0.39, 0.29) is 5.56 Å². The van der Waals surface area contributed by atoms with Gasteiger partial charge in [-0.25, -0.2) is 4.79 Å². The number of carbonyl (C=O) groups is 1. The first-order valence-electron chi connectivity index (χ1n) is 6.38. The van der Waals surface area contributed by atoms with Crippen LogP contribution in [-0.4, -0.2) is 42.3 Å². The summed E-state index contributed by atoms with van der Waals surface area (Å²) in [6.45, 7) is 2.42. The minimum Gasteiger partial charge on any atom is -0.478 e. The number of rotatable bonds is 5. The second-order valence-corrected chi connectivity index (χ2v) is 5.35. The highest BCUT2D eigenvalue weighted by Crippen LogP contribution is 2.20. The van der Waals surface area contributed by atoms with E-state index < -0.39 is 5.97 Å². The van der Waals surface area contributed by atoms with E-state index in [2.05, 4.69) is 4.90 Å². The van der Waals surface area contributed by atoms with E-state index in [1.807, 2.05) is 7.05 Å². The Kier molecular flexibility index (Phi) is 4.80. The Hall–Kier alpha value is -1.10. The zero-order chi connectivity index (χ0) is 13.8. The molecule has 104 valence electrons. The molecule has 0 radical (unpaired) electrons. The molecule has 1 aromatic rings. The van der Waals surface area contributed by atoms with Crippen LogP contribution in [0, 0.1) is 0 Å². The molecule has 0 saturated carbocycles. The number of hydrogen-bond acceptors (Lipinski definition) is 3. The van der Waals surface area contributed by atoms with Gasteiger partial charge in [-0.3, -0.25) is 4.90 Å². The fourth-order valence-electron chi connectivity index (χ4n) is 2.30. The first kappa shape index (κ1) is 14.3. The maximum atomic E-state index is 10.8. The molecule has 1 aliphatic rings. The number of halogens is 1. The quantitative estimate of drug-likeness (QED) is 0.902. The smallest absolute Gasteiger partial charge is 0.335 e. The molecule has 1 fully saturated rings. The zero-order valence-corrected chi connectivity index (χ0v) is 11.7. The number of ether oxygens (including phenoxy) is 1. The van der Waals surface area contributed by atoms with Crippen LogP contribution in [0.1, 0.15) is 28.8 Å². The highest BCUT2D eigenvalue weighted by atomic mass is 35.5. The molecule has 1 N–H and O–H groups in total.